The van der Waals surface area contributed by atoms with Crippen molar-refractivity contribution in [3.8, 4) is 5.75 Å². The molecule has 150 valence electrons. The Balaban J connectivity index is 1.55. The zero-order valence-corrected chi connectivity index (χ0v) is 15.7. The fourth-order valence-corrected chi connectivity index (χ4v) is 3.50. The van der Waals surface area contributed by atoms with Crippen LogP contribution in [0.4, 0.5) is 0 Å². The Morgan fingerprint density at radius 2 is 2.07 bits per heavy atom. The number of aliphatic hydroxyl groups is 1. The van der Waals surface area contributed by atoms with Crippen LogP contribution in [0.3, 0.4) is 0 Å². The predicted octanol–water partition coefficient (Wildman–Crippen LogP) is 2.02. The first-order chi connectivity index (χ1) is 13.5. The number of fused-ring (bicyclic) bond motifs is 1. The lowest BCUT2D eigenvalue weighted by Gasteiger charge is -2.47. The second-order valence-corrected chi connectivity index (χ2v) is 7.00. The van der Waals surface area contributed by atoms with Crippen LogP contribution >= 0.6 is 11.6 Å². The van der Waals surface area contributed by atoms with Crippen molar-refractivity contribution in [2.24, 2.45) is 0 Å². The molecule has 1 amide bonds. The number of carbonyl (C=O) groups excluding carboxylic acids is 1. The van der Waals surface area contributed by atoms with Crippen LogP contribution in [0.15, 0.2) is 47.1 Å². The van der Waals surface area contributed by atoms with Crippen LogP contribution in [-0.2, 0) is 19.0 Å². The Morgan fingerprint density at radius 1 is 1.25 bits per heavy atom. The van der Waals surface area contributed by atoms with Crippen molar-refractivity contribution < 1.29 is 33.3 Å². The van der Waals surface area contributed by atoms with E-state index in [9.17, 15) is 9.90 Å². The monoisotopic (exact) mass is 409 g/mol. The second kappa shape index (κ2) is 8.10. The highest BCUT2D eigenvalue weighted by Crippen LogP contribution is 2.35. The van der Waals surface area contributed by atoms with E-state index in [0.717, 1.165) is 0 Å². The molecule has 2 aliphatic rings. The molecule has 2 aromatic rings. The molecule has 1 aromatic carbocycles. The summed E-state index contributed by atoms with van der Waals surface area (Å²) in [5.74, 6) is 0.519. The lowest BCUT2D eigenvalue weighted by molar-refractivity contribution is -0.336. The maximum absolute atomic E-state index is 11.7. The predicted molar refractivity (Wildman–Crippen MR) is 96.6 cm³/mol. The second-order valence-electron chi connectivity index (χ2n) is 6.59. The van der Waals surface area contributed by atoms with Crippen LogP contribution in [0, 0.1) is 0 Å². The topological polar surface area (TPSA) is 99.4 Å². The van der Waals surface area contributed by atoms with Gasteiger partial charge in [-0.25, -0.2) is 0 Å². The first-order valence-corrected chi connectivity index (χ1v) is 9.23. The minimum Gasteiger partial charge on any atom is -0.464 e. The number of carbonyl (C=O) groups is 1. The average molecular weight is 410 g/mol. The largest absolute Gasteiger partial charge is 0.464 e. The molecule has 0 bridgehead atoms. The fraction of sp³-hybridized carbons (Fsp3) is 0.421. The van der Waals surface area contributed by atoms with Gasteiger partial charge in [0.1, 0.15) is 30.1 Å². The van der Waals surface area contributed by atoms with E-state index < -0.39 is 36.9 Å². The lowest BCUT2D eigenvalue weighted by Crippen LogP contribution is -2.67. The van der Waals surface area contributed by atoms with Crippen LogP contribution in [0.2, 0.25) is 5.02 Å². The summed E-state index contributed by atoms with van der Waals surface area (Å²) in [5.41, 5.74) is 0. The summed E-state index contributed by atoms with van der Waals surface area (Å²) < 4.78 is 28.6. The first-order valence-electron chi connectivity index (χ1n) is 8.85. The quantitative estimate of drug-likeness (QED) is 0.796. The highest BCUT2D eigenvalue weighted by Gasteiger charge is 2.51. The van der Waals surface area contributed by atoms with Gasteiger partial charge in [0.15, 0.2) is 5.76 Å². The molecule has 2 saturated heterocycles. The Morgan fingerprint density at radius 3 is 2.79 bits per heavy atom. The Hall–Kier alpha value is -2.10. The summed E-state index contributed by atoms with van der Waals surface area (Å²) in [6, 6.07) is 9.45. The molecule has 0 radical (unpaired) electrons. The van der Waals surface area contributed by atoms with Crippen molar-refractivity contribution in [1.82, 2.24) is 5.32 Å². The maximum Gasteiger partial charge on any atom is 0.223 e. The SMILES string of the molecule is CC(=O)N[C@@H]1[C@@H](Oc2ccccc2Cl)O[C@H]2CO[C@H](c3ccco3)O[C@H]2[C@H]1O. The molecule has 9 heteroatoms. The molecule has 2 fully saturated rings. The first kappa shape index (κ1) is 19.2. The molecule has 2 aliphatic heterocycles. The molecule has 3 heterocycles. The van der Waals surface area contributed by atoms with Crippen LogP contribution in [0.25, 0.3) is 0 Å². The minimum absolute atomic E-state index is 0.155. The van der Waals surface area contributed by atoms with Gasteiger partial charge in [-0.2, -0.15) is 0 Å². The van der Waals surface area contributed by atoms with Crippen molar-refractivity contribution >= 4 is 17.5 Å². The number of aliphatic hydroxyl groups excluding tert-OH is 1. The highest BCUT2D eigenvalue weighted by molar-refractivity contribution is 6.32. The van der Waals surface area contributed by atoms with Crippen molar-refractivity contribution in [2.45, 2.75) is 43.9 Å². The number of nitrogens with one attached hydrogen (secondary N) is 1. The minimum atomic E-state index is -1.10. The summed E-state index contributed by atoms with van der Waals surface area (Å²) in [7, 11) is 0. The van der Waals surface area contributed by atoms with Crippen LogP contribution in [0.5, 0.6) is 5.75 Å². The van der Waals surface area contributed by atoms with E-state index in [1.165, 1.54) is 13.2 Å². The van der Waals surface area contributed by atoms with Crippen molar-refractivity contribution in [2.75, 3.05) is 6.61 Å². The van der Waals surface area contributed by atoms with Crippen LogP contribution in [-0.4, -0.2) is 48.3 Å². The number of hydrogen-bond acceptors (Lipinski definition) is 7. The summed E-state index contributed by atoms with van der Waals surface area (Å²) >= 11 is 6.16. The molecule has 4 rings (SSSR count). The number of hydrogen-bond donors (Lipinski definition) is 2. The number of benzene rings is 1. The van der Waals surface area contributed by atoms with E-state index >= 15 is 0 Å². The lowest BCUT2D eigenvalue weighted by atomic mass is 9.96. The number of rotatable bonds is 4. The van der Waals surface area contributed by atoms with Gasteiger partial charge < -0.3 is 33.8 Å². The molecular formula is C19H20ClNO7. The van der Waals surface area contributed by atoms with E-state index in [4.69, 9.17) is 35.0 Å². The van der Waals surface area contributed by atoms with E-state index in [1.807, 2.05) is 0 Å². The third-order valence-electron chi connectivity index (χ3n) is 4.59. The maximum atomic E-state index is 11.7. The molecule has 6 atom stereocenters. The zero-order valence-electron chi connectivity index (χ0n) is 15.0. The molecule has 1 aromatic heterocycles. The van der Waals surface area contributed by atoms with Gasteiger partial charge in [0.05, 0.1) is 17.9 Å². The van der Waals surface area contributed by atoms with Gasteiger partial charge >= 0.3 is 0 Å². The van der Waals surface area contributed by atoms with E-state index in [-0.39, 0.29) is 12.5 Å². The van der Waals surface area contributed by atoms with Crippen molar-refractivity contribution in [3.05, 3.63) is 53.4 Å². The van der Waals surface area contributed by atoms with Crippen LogP contribution < -0.4 is 10.1 Å². The van der Waals surface area contributed by atoms with Gasteiger partial charge in [-0.1, -0.05) is 23.7 Å². The average Bonchev–Trinajstić information content (AvgIpc) is 3.21. The zero-order chi connectivity index (χ0) is 19.7. The van der Waals surface area contributed by atoms with Gasteiger partial charge in [0.25, 0.3) is 0 Å². The Kier molecular flexibility index (Phi) is 5.56. The number of para-hydroxylation sites is 1. The van der Waals surface area contributed by atoms with Crippen molar-refractivity contribution in [3.63, 3.8) is 0 Å². The standard InChI is InChI=1S/C19H20ClNO7/c1-10(22)21-15-16(23)17-14(9-25-18(28-17)13-7-4-8-24-13)27-19(15)26-12-6-3-2-5-11(12)20/h2-8,14-19,23H,9H2,1H3,(H,21,22)/t14-,15-,16-,17+,18-,19-/m0/s1. The van der Waals surface area contributed by atoms with Crippen LogP contribution in [0.1, 0.15) is 19.0 Å². The molecular weight excluding hydrogens is 390 g/mol. The highest BCUT2D eigenvalue weighted by atomic mass is 35.5. The number of amides is 1. The van der Waals surface area contributed by atoms with Gasteiger partial charge in [0.2, 0.25) is 18.5 Å². The molecule has 8 nitrogen and oxygen atoms in total. The Bertz CT molecular complexity index is 814. The summed E-state index contributed by atoms with van der Waals surface area (Å²) in [4.78, 5) is 11.7. The number of halogens is 1. The molecule has 0 saturated carbocycles. The summed E-state index contributed by atoms with van der Waals surface area (Å²) in [6.07, 6.45) is -2.68. The van der Waals surface area contributed by atoms with Gasteiger partial charge in [-0.3, -0.25) is 4.79 Å². The molecule has 0 unspecified atom stereocenters. The van der Waals surface area contributed by atoms with Gasteiger partial charge in [-0.15, -0.1) is 0 Å². The summed E-state index contributed by atoms with van der Waals surface area (Å²) in [5, 5.41) is 14.0. The smallest absolute Gasteiger partial charge is 0.223 e. The molecule has 28 heavy (non-hydrogen) atoms. The molecule has 0 aliphatic carbocycles. The third kappa shape index (κ3) is 3.87. The van der Waals surface area contributed by atoms with E-state index in [0.29, 0.717) is 16.5 Å². The number of ether oxygens (including phenoxy) is 4. The molecule has 2 N–H and O–H groups in total. The molecule has 0 spiro atoms. The van der Waals surface area contributed by atoms with Gasteiger partial charge in [-0.05, 0) is 24.3 Å². The van der Waals surface area contributed by atoms with E-state index in [2.05, 4.69) is 5.32 Å². The normalized spacial score (nSPS) is 32.4. The Labute approximate surface area is 166 Å². The summed E-state index contributed by atoms with van der Waals surface area (Å²) in [6.45, 7) is 1.50. The van der Waals surface area contributed by atoms with E-state index in [1.54, 1.807) is 36.4 Å². The third-order valence-corrected chi connectivity index (χ3v) is 4.90. The number of furan rings is 1. The van der Waals surface area contributed by atoms with Crippen molar-refractivity contribution in [1.29, 1.82) is 0 Å². The van der Waals surface area contributed by atoms with Gasteiger partial charge in [0, 0.05) is 6.92 Å². The fourth-order valence-electron chi connectivity index (χ4n) is 3.32.